The number of benzene rings is 1. The number of aryl methyl sites for hydroxylation is 1. The lowest BCUT2D eigenvalue weighted by Crippen LogP contribution is -2.47. The Bertz CT molecular complexity index is 718. The smallest absolute Gasteiger partial charge is 0.325 e. The van der Waals surface area contributed by atoms with Crippen molar-refractivity contribution in [3.63, 3.8) is 0 Å². The van der Waals surface area contributed by atoms with E-state index in [-0.39, 0.29) is 24.4 Å². The molecule has 0 radical (unpaired) electrons. The maximum absolute atomic E-state index is 12.9. The van der Waals surface area contributed by atoms with Crippen LogP contribution in [0, 0.1) is 12.8 Å². The van der Waals surface area contributed by atoms with Gasteiger partial charge in [0.05, 0.1) is 0 Å². The first kappa shape index (κ1) is 18.4. The minimum absolute atomic E-state index is 0.0248. The van der Waals surface area contributed by atoms with Crippen LogP contribution < -0.4 is 16.4 Å². The molecule has 1 aliphatic carbocycles. The minimum atomic E-state index is -1.15. The van der Waals surface area contributed by atoms with Crippen molar-refractivity contribution < 1.29 is 14.4 Å². The summed E-state index contributed by atoms with van der Waals surface area (Å²) in [4.78, 5) is 38.5. The third-order valence-electron chi connectivity index (χ3n) is 5.51. The van der Waals surface area contributed by atoms with Crippen LogP contribution in [-0.4, -0.2) is 41.9 Å². The van der Waals surface area contributed by atoms with Gasteiger partial charge >= 0.3 is 6.03 Å². The number of amides is 4. The van der Waals surface area contributed by atoms with Crippen LogP contribution in [0.25, 0.3) is 0 Å². The highest BCUT2D eigenvalue weighted by Crippen LogP contribution is 2.29. The molecule has 4 amide bonds. The summed E-state index contributed by atoms with van der Waals surface area (Å²) in [5, 5.41) is 5.65. The van der Waals surface area contributed by atoms with E-state index in [4.69, 9.17) is 5.73 Å². The Kier molecular flexibility index (Phi) is 5.00. The zero-order valence-corrected chi connectivity index (χ0v) is 15.2. The van der Waals surface area contributed by atoms with Gasteiger partial charge in [-0.3, -0.25) is 14.5 Å². The number of nitrogens with two attached hydrogens (primary N) is 1. The van der Waals surface area contributed by atoms with Gasteiger partial charge in [0.25, 0.3) is 5.91 Å². The molecule has 140 valence electrons. The van der Waals surface area contributed by atoms with E-state index < -0.39 is 17.5 Å². The number of carbonyl (C=O) groups is 3. The summed E-state index contributed by atoms with van der Waals surface area (Å²) < 4.78 is 0. The molecule has 1 saturated carbocycles. The van der Waals surface area contributed by atoms with Gasteiger partial charge in [0, 0.05) is 6.04 Å². The third-order valence-corrected chi connectivity index (χ3v) is 5.51. The summed E-state index contributed by atoms with van der Waals surface area (Å²) in [5.74, 6) is -0.477. The molecule has 3 unspecified atom stereocenters. The van der Waals surface area contributed by atoms with Crippen molar-refractivity contribution in [3.8, 4) is 0 Å². The number of nitrogens with zero attached hydrogens (tertiary/aromatic N) is 1. The molecule has 2 aliphatic rings. The van der Waals surface area contributed by atoms with Crippen LogP contribution in [0.4, 0.5) is 4.79 Å². The molecule has 4 N–H and O–H groups in total. The number of nitrogens with one attached hydrogen (secondary N) is 2. The SMILES string of the molecule is Cc1ccc(C2(C)NC(=O)N(CC(=O)NC3CCCC3CN)C2=O)cc1. The lowest BCUT2D eigenvalue weighted by Gasteiger charge is -2.23. The largest absolute Gasteiger partial charge is 0.351 e. The zero-order valence-electron chi connectivity index (χ0n) is 15.2. The van der Waals surface area contributed by atoms with Crippen LogP contribution in [0.2, 0.25) is 0 Å². The Morgan fingerprint density at radius 3 is 2.65 bits per heavy atom. The minimum Gasteiger partial charge on any atom is -0.351 e. The van der Waals surface area contributed by atoms with Gasteiger partial charge in [-0.2, -0.15) is 0 Å². The van der Waals surface area contributed by atoms with E-state index in [1.807, 2.05) is 31.2 Å². The van der Waals surface area contributed by atoms with Gasteiger partial charge in [-0.1, -0.05) is 36.2 Å². The standard InChI is InChI=1S/C19H26N4O3/c1-12-6-8-14(9-7-12)19(2)17(25)23(18(26)22-19)11-16(24)21-15-5-3-4-13(15)10-20/h6-9,13,15H,3-5,10-11,20H2,1-2H3,(H,21,24)(H,22,26). The summed E-state index contributed by atoms with van der Waals surface area (Å²) in [5.41, 5.74) is 6.35. The molecule has 3 rings (SSSR count). The molecule has 26 heavy (non-hydrogen) atoms. The van der Waals surface area contributed by atoms with Crippen molar-refractivity contribution in [1.82, 2.24) is 15.5 Å². The van der Waals surface area contributed by atoms with E-state index in [1.54, 1.807) is 6.92 Å². The molecule has 2 fully saturated rings. The first-order chi connectivity index (χ1) is 12.3. The second-order valence-corrected chi connectivity index (χ2v) is 7.41. The van der Waals surface area contributed by atoms with Crippen molar-refractivity contribution in [2.45, 2.75) is 44.7 Å². The average molecular weight is 358 g/mol. The van der Waals surface area contributed by atoms with E-state index in [0.717, 1.165) is 29.7 Å². The predicted molar refractivity (Wildman–Crippen MR) is 97.1 cm³/mol. The van der Waals surface area contributed by atoms with E-state index in [9.17, 15) is 14.4 Å². The van der Waals surface area contributed by atoms with Crippen LogP contribution in [0.15, 0.2) is 24.3 Å². The van der Waals surface area contributed by atoms with Crippen LogP contribution in [0.5, 0.6) is 0 Å². The molecular weight excluding hydrogens is 332 g/mol. The topological polar surface area (TPSA) is 105 Å². The Morgan fingerprint density at radius 1 is 1.31 bits per heavy atom. The highest BCUT2D eigenvalue weighted by molar-refractivity contribution is 6.09. The van der Waals surface area contributed by atoms with Crippen molar-refractivity contribution in [3.05, 3.63) is 35.4 Å². The summed E-state index contributed by atoms with van der Waals surface area (Å²) in [6.45, 7) is 3.87. The molecule has 3 atom stereocenters. The molecule has 0 bridgehead atoms. The molecule has 1 aromatic rings. The number of hydrogen-bond donors (Lipinski definition) is 3. The highest BCUT2D eigenvalue weighted by atomic mass is 16.2. The number of urea groups is 1. The van der Waals surface area contributed by atoms with Crippen LogP contribution in [0.3, 0.4) is 0 Å². The Labute approximate surface area is 153 Å². The van der Waals surface area contributed by atoms with Gasteiger partial charge in [-0.15, -0.1) is 0 Å². The van der Waals surface area contributed by atoms with Crippen LogP contribution in [-0.2, 0) is 15.1 Å². The molecule has 0 aromatic heterocycles. The van der Waals surface area contributed by atoms with Crippen molar-refractivity contribution in [1.29, 1.82) is 0 Å². The molecule has 0 spiro atoms. The van der Waals surface area contributed by atoms with Gasteiger partial charge < -0.3 is 16.4 Å². The number of hydrogen-bond acceptors (Lipinski definition) is 4. The first-order valence-electron chi connectivity index (χ1n) is 9.06. The summed E-state index contributed by atoms with van der Waals surface area (Å²) >= 11 is 0. The third kappa shape index (κ3) is 3.31. The summed E-state index contributed by atoms with van der Waals surface area (Å²) in [6.07, 6.45) is 2.91. The van der Waals surface area contributed by atoms with E-state index in [2.05, 4.69) is 10.6 Å². The molecule has 1 saturated heterocycles. The maximum atomic E-state index is 12.9. The first-order valence-corrected chi connectivity index (χ1v) is 9.06. The second-order valence-electron chi connectivity index (χ2n) is 7.41. The lowest BCUT2D eigenvalue weighted by molar-refractivity contribution is -0.135. The van der Waals surface area contributed by atoms with Crippen molar-refractivity contribution in [2.24, 2.45) is 11.7 Å². The van der Waals surface area contributed by atoms with Gasteiger partial charge in [-0.25, -0.2) is 4.79 Å². The molecule has 1 heterocycles. The summed E-state index contributed by atoms with van der Waals surface area (Å²) in [7, 11) is 0. The quantitative estimate of drug-likeness (QED) is 0.683. The van der Waals surface area contributed by atoms with Gasteiger partial charge in [0.2, 0.25) is 5.91 Å². The van der Waals surface area contributed by atoms with Crippen LogP contribution in [0.1, 0.15) is 37.3 Å². The monoisotopic (exact) mass is 358 g/mol. The lowest BCUT2D eigenvalue weighted by atomic mass is 9.91. The highest BCUT2D eigenvalue weighted by Gasteiger charge is 2.49. The molecular formula is C19H26N4O3. The summed E-state index contributed by atoms with van der Waals surface area (Å²) in [6, 6.07) is 6.90. The fourth-order valence-electron chi connectivity index (χ4n) is 3.83. The normalized spacial score (nSPS) is 28.3. The zero-order chi connectivity index (χ0) is 18.9. The predicted octanol–water partition coefficient (Wildman–Crippen LogP) is 1.01. The molecule has 7 heteroatoms. The fraction of sp³-hybridized carbons (Fsp3) is 0.526. The van der Waals surface area contributed by atoms with E-state index >= 15 is 0 Å². The van der Waals surface area contributed by atoms with Crippen LogP contribution >= 0.6 is 0 Å². The molecule has 7 nitrogen and oxygen atoms in total. The molecule has 1 aromatic carbocycles. The maximum Gasteiger partial charge on any atom is 0.325 e. The van der Waals surface area contributed by atoms with Crippen molar-refractivity contribution in [2.75, 3.05) is 13.1 Å². The van der Waals surface area contributed by atoms with Crippen molar-refractivity contribution >= 4 is 17.8 Å². The number of carbonyl (C=O) groups excluding carboxylic acids is 3. The number of imide groups is 1. The Hall–Kier alpha value is -2.41. The number of rotatable bonds is 5. The van der Waals surface area contributed by atoms with Gasteiger partial charge in [-0.05, 0) is 44.7 Å². The Balaban J connectivity index is 1.69. The second kappa shape index (κ2) is 7.07. The van der Waals surface area contributed by atoms with Gasteiger partial charge in [0.1, 0.15) is 12.1 Å². The average Bonchev–Trinajstić information content (AvgIpc) is 3.13. The van der Waals surface area contributed by atoms with E-state index in [0.29, 0.717) is 12.1 Å². The Morgan fingerprint density at radius 2 is 2.00 bits per heavy atom. The molecule has 1 aliphatic heterocycles. The van der Waals surface area contributed by atoms with E-state index in [1.165, 1.54) is 0 Å². The van der Waals surface area contributed by atoms with Gasteiger partial charge in [0.15, 0.2) is 0 Å². The fourth-order valence-corrected chi connectivity index (χ4v) is 3.83.